The molecule has 0 heterocycles. The Morgan fingerprint density at radius 1 is 0.833 bits per heavy atom. The largest absolute Gasteiger partial charge is 0.0804 e. The summed E-state index contributed by atoms with van der Waals surface area (Å²) >= 11 is 0. The average Bonchev–Trinajstić information content (AvgIpc) is 3.26. The van der Waals surface area contributed by atoms with Crippen LogP contribution in [0.2, 0.25) is 0 Å². The zero-order valence-corrected chi connectivity index (χ0v) is 19.7. The van der Waals surface area contributed by atoms with Gasteiger partial charge in [0, 0.05) is 5.41 Å². The lowest BCUT2D eigenvalue weighted by Gasteiger charge is -2.48. The zero-order valence-electron chi connectivity index (χ0n) is 19.7. The lowest BCUT2D eigenvalue weighted by molar-refractivity contribution is 0.285. The first-order valence-corrected chi connectivity index (χ1v) is 11.8. The van der Waals surface area contributed by atoms with Gasteiger partial charge in [-0.25, -0.2) is 0 Å². The fourth-order valence-corrected chi connectivity index (χ4v) is 5.98. The third-order valence-corrected chi connectivity index (χ3v) is 7.82. The fourth-order valence-electron chi connectivity index (χ4n) is 5.98. The molecule has 3 aliphatic rings. The van der Waals surface area contributed by atoms with Gasteiger partial charge in [0.2, 0.25) is 0 Å². The van der Waals surface area contributed by atoms with Crippen LogP contribution in [0, 0.1) is 0 Å². The van der Waals surface area contributed by atoms with Gasteiger partial charge in [0.05, 0.1) is 0 Å². The minimum absolute atomic E-state index is 0.158. The molecule has 3 aliphatic carbocycles. The van der Waals surface area contributed by atoms with Gasteiger partial charge in [-0.15, -0.1) is 0 Å². The summed E-state index contributed by atoms with van der Waals surface area (Å²) in [6, 6.07) is 12.1. The number of fused-ring (bicyclic) bond motifs is 3. The van der Waals surface area contributed by atoms with Gasteiger partial charge in [-0.2, -0.15) is 0 Å². The summed E-state index contributed by atoms with van der Waals surface area (Å²) in [4.78, 5) is 0. The molecule has 0 nitrogen and oxygen atoms in total. The second-order valence-corrected chi connectivity index (χ2v) is 11.8. The molecule has 0 heteroatoms. The molecular formula is C30H36. The SMILES string of the molecule is CC(C)(C)c1ccc2c(c1)Cc1c-2ccc(C(C)(C)C)c1C1(C2=CC=CC2)CCC1. The van der Waals surface area contributed by atoms with Crippen molar-refractivity contribution in [2.24, 2.45) is 0 Å². The van der Waals surface area contributed by atoms with Crippen LogP contribution in [0.25, 0.3) is 11.1 Å². The lowest BCUT2D eigenvalue weighted by Crippen LogP contribution is -2.39. The molecule has 30 heavy (non-hydrogen) atoms. The van der Waals surface area contributed by atoms with Gasteiger partial charge in [0.25, 0.3) is 0 Å². The molecule has 1 saturated carbocycles. The van der Waals surface area contributed by atoms with Crippen LogP contribution < -0.4 is 0 Å². The first-order chi connectivity index (χ1) is 14.1. The molecule has 2 aromatic rings. The van der Waals surface area contributed by atoms with Crippen molar-refractivity contribution < 1.29 is 0 Å². The van der Waals surface area contributed by atoms with Crippen LogP contribution in [-0.2, 0) is 22.7 Å². The van der Waals surface area contributed by atoms with Crippen LogP contribution in [0.3, 0.4) is 0 Å². The summed E-state index contributed by atoms with van der Waals surface area (Å²) in [5, 5.41) is 0. The molecule has 0 aliphatic heterocycles. The molecule has 0 N–H and O–H groups in total. The maximum Gasteiger partial charge on any atom is 0.0174 e. The fraction of sp³-hybridized carbons (Fsp3) is 0.467. The number of benzene rings is 2. The number of rotatable bonds is 2. The minimum Gasteiger partial charge on any atom is -0.0804 e. The molecule has 0 unspecified atom stereocenters. The predicted octanol–water partition coefficient (Wildman–Crippen LogP) is 8.16. The van der Waals surface area contributed by atoms with E-state index in [4.69, 9.17) is 0 Å². The topological polar surface area (TPSA) is 0 Å². The Hall–Kier alpha value is -2.08. The Morgan fingerprint density at radius 2 is 1.57 bits per heavy atom. The second kappa shape index (κ2) is 6.46. The Kier molecular flexibility index (Phi) is 4.27. The minimum atomic E-state index is 0.158. The summed E-state index contributed by atoms with van der Waals surface area (Å²) in [6.45, 7) is 14.2. The zero-order chi connectivity index (χ0) is 21.3. The molecule has 5 rings (SSSR count). The molecule has 0 amide bonds. The van der Waals surface area contributed by atoms with Gasteiger partial charge in [0.15, 0.2) is 0 Å². The van der Waals surface area contributed by atoms with E-state index >= 15 is 0 Å². The van der Waals surface area contributed by atoms with Crippen LogP contribution in [-0.4, -0.2) is 0 Å². The van der Waals surface area contributed by atoms with Gasteiger partial charge in [0.1, 0.15) is 0 Å². The van der Waals surface area contributed by atoms with Crippen molar-refractivity contribution in [1.82, 2.24) is 0 Å². The molecule has 0 spiro atoms. The molecule has 0 radical (unpaired) electrons. The van der Waals surface area contributed by atoms with Crippen molar-refractivity contribution in [3.05, 3.63) is 82.0 Å². The van der Waals surface area contributed by atoms with Gasteiger partial charge in [-0.3, -0.25) is 0 Å². The number of hydrogen-bond acceptors (Lipinski definition) is 0. The van der Waals surface area contributed by atoms with Crippen molar-refractivity contribution in [2.75, 3.05) is 0 Å². The summed E-state index contributed by atoms with van der Waals surface area (Å²) in [7, 11) is 0. The van der Waals surface area contributed by atoms with Gasteiger partial charge in [-0.05, 0) is 75.5 Å². The summed E-state index contributed by atoms with van der Waals surface area (Å²) in [5.74, 6) is 0. The number of hydrogen-bond donors (Lipinski definition) is 0. The quantitative estimate of drug-likeness (QED) is 0.410. The van der Waals surface area contributed by atoms with Crippen LogP contribution in [0.5, 0.6) is 0 Å². The van der Waals surface area contributed by atoms with Crippen LogP contribution in [0.4, 0.5) is 0 Å². The highest BCUT2D eigenvalue weighted by Gasteiger charge is 2.46. The molecule has 2 aromatic carbocycles. The molecule has 0 saturated heterocycles. The normalized spacial score (nSPS) is 19.3. The van der Waals surface area contributed by atoms with Crippen molar-refractivity contribution >= 4 is 0 Å². The number of allylic oxidation sites excluding steroid dienone is 4. The molecule has 0 bridgehead atoms. The summed E-state index contributed by atoms with van der Waals surface area (Å²) < 4.78 is 0. The van der Waals surface area contributed by atoms with Crippen molar-refractivity contribution in [2.45, 2.75) is 89.9 Å². The Balaban J connectivity index is 1.72. The molecule has 1 fully saturated rings. The van der Waals surface area contributed by atoms with Crippen LogP contribution in [0.15, 0.2) is 54.1 Å². The molecule has 0 aromatic heterocycles. The lowest BCUT2D eigenvalue weighted by atomic mass is 9.56. The Bertz CT molecular complexity index is 1070. The molecule has 0 atom stereocenters. The maximum absolute atomic E-state index is 2.49. The van der Waals surface area contributed by atoms with E-state index in [-0.39, 0.29) is 16.2 Å². The highest BCUT2D eigenvalue weighted by atomic mass is 14.5. The average molecular weight is 397 g/mol. The van der Waals surface area contributed by atoms with E-state index in [2.05, 4.69) is 90.1 Å². The van der Waals surface area contributed by atoms with E-state index in [0.717, 1.165) is 12.8 Å². The highest BCUT2D eigenvalue weighted by molar-refractivity contribution is 5.80. The van der Waals surface area contributed by atoms with E-state index in [1.165, 1.54) is 41.5 Å². The smallest absolute Gasteiger partial charge is 0.0174 e. The van der Waals surface area contributed by atoms with Crippen LogP contribution in [0.1, 0.15) is 95.0 Å². The summed E-state index contributed by atoms with van der Waals surface area (Å²) in [6.07, 6.45) is 13.2. The van der Waals surface area contributed by atoms with Crippen molar-refractivity contribution in [1.29, 1.82) is 0 Å². The third kappa shape index (κ3) is 2.87. The van der Waals surface area contributed by atoms with Crippen LogP contribution >= 0.6 is 0 Å². The monoisotopic (exact) mass is 396 g/mol. The standard InChI is InChI=1S/C30H36/c1-28(2,3)22-12-13-23-20(18-22)19-25-24(23)14-15-26(29(4,5)6)27(25)30(16-9-17-30)21-10-7-8-11-21/h7-8,10,12-15,18H,9,11,16-17,19H2,1-6H3. The molecular weight excluding hydrogens is 360 g/mol. The Morgan fingerprint density at radius 3 is 2.13 bits per heavy atom. The van der Waals surface area contributed by atoms with Gasteiger partial charge in [-0.1, -0.05) is 102 Å². The van der Waals surface area contributed by atoms with Crippen molar-refractivity contribution in [3.63, 3.8) is 0 Å². The van der Waals surface area contributed by atoms with E-state index in [0.29, 0.717) is 0 Å². The first kappa shape index (κ1) is 19.9. The maximum atomic E-state index is 2.49. The predicted molar refractivity (Wildman–Crippen MR) is 129 cm³/mol. The van der Waals surface area contributed by atoms with E-state index in [1.807, 2.05) is 0 Å². The van der Waals surface area contributed by atoms with E-state index in [9.17, 15) is 0 Å². The molecule has 156 valence electrons. The Labute approximate surface area is 183 Å². The second-order valence-electron chi connectivity index (χ2n) is 11.8. The van der Waals surface area contributed by atoms with Gasteiger partial charge < -0.3 is 0 Å². The van der Waals surface area contributed by atoms with E-state index < -0.39 is 0 Å². The third-order valence-electron chi connectivity index (χ3n) is 7.82. The summed E-state index contributed by atoms with van der Waals surface area (Å²) in [5.41, 5.74) is 13.1. The van der Waals surface area contributed by atoms with Gasteiger partial charge >= 0.3 is 0 Å². The van der Waals surface area contributed by atoms with E-state index in [1.54, 1.807) is 22.3 Å². The van der Waals surface area contributed by atoms with Crippen molar-refractivity contribution in [3.8, 4) is 11.1 Å². The highest BCUT2D eigenvalue weighted by Crippen LogP contribution is 2.57. The first-order valence-electron chi connectivity index (χ1n) is 11.8.